The Morgan fingerprint density at radius 1 is 1.18 bits per heavy atom. The first-order valence-corrected chi connectivity index (χ1v) is 7.74. The topological polar surface area (TPSA) is 29.5 Å². The van der Waals surface area contributed by atoms with Gasteiger partial charge in [-0.25, -0.2) is 0 Å². The first-order chi connectivity index (χ1) is 10.7. The number of ether oxygens (including phenoxy) is 1. The average Bonchev–Trinajstić information content (AvgIpc) is 3.05. The summed E-state index contributed by atoms with van der Waals surface area (Å²) in [6.07, 6.45) is 0.975. The van der Waals surface area contributed by atoms with Gasteiger partial charge < -0.3 is 9.64 Å². The number of methoxy groups -OCH3 is 1. The summed E-state index contributed by atoms with van der Waals surface area (Å²) in [6.45, 7) is 1.50. The van der Waals surface area contributed by atoms with Gasteiger partial charge in [-0.2, -0.15) is 0 Å². The number of hydrogen-bond donors (Lipinski definition) is 0. The van der Waals surface area contributed by atoms with E-state index in [-0.39, 0.29) is 5.91 Å². The Morgan fingerprint density at radius 3 is 2.59 bits per heavy atom. The van der Waals surface area contributed by atoms with Gasteiger partial charge in [0.2, 0.25) is 0 Å². The molecule has 0 aliphatic carbocycles. The molecule has 0 aromatic heterocycles. The molecule has 1 heterocycles. The smallest absolute Gasteiger partial charge is 0.255 e. The van der Waals surface area contributed by atoms with Crippen LogP contribution in [0.4, 0.5) is 0 Å². The fourth-order valence-electron chi connectivity index (χ4n) is 2.90. The van der Waals surface area contributed by atoms with E-state index in [1.165, 1.54) is 5.56 Å². The number of halogens is 1. The predicted octanol–water partition coefficient (Wildman–Crippen LogP) is 3.98. The Labute approximate surface area is 135 Å². The third-order valence-electron chi connectivity index (χ3n) is 4.17. The van der Waals surface area contributed by atoms with Crippen LogP contribution in [-0.2, 0) is 0 Å². The van der Waals surface area contributed by atoms with Crippen LogP contribution in [0.15, 0.2) is 48.5 Å². The lowest BCUT2D eigenvalue weighted by Crippen LogP contribution is -2.28. The van der Waals surface area contributed by atoms with Gasteiger partial charge in [0.05, 0.1) is 17.7 Å². The van der Waals surface area contributed by atoms with Crippen molar-refractivity contribution in [1.82, 2.24) is 4.90 Å². The molecule has 3 nitrogen and oxygen atoms in total. The second kappa shape index (κ2) is 6.41. The van der Waals surface area contributed by atoms with E-state index in [0.29, 0.717) is 16.5 Å². The minimum Gasteiger partial charge on any atom is -0.497 e. The van der Waals surface area contributed by atoms with E-state index in [0.717, 1.165) is 25.3 Å². The Morgan fingerprint density at radius 2 is 1.91 bits per heavy atom. The van der Waals surface area contributed by atoms with Crippen molar-refractivity contribution in [3.8, 4) is 5.75 Å². The molecule has 1 fully saturated rings. The molecule has 0 spiro atoms. The molecule has 114 valence electrons. The van der Waals surface area contributed by atoms with Crippen molar-refractivity contribution in [2.75, 3.05) is 20.2 Å². The molecule has 2 aromatic carbocycles. The van der Waals surface area contributed by atoms with E-state index in [1.807, 2.05) is 29.2 Å². The zero-order valence-corrected chi connectivity index (χ0v) is 13.2. The van der Waals surface area contributed by atoms with Crippen molar-refractivity contribution in [1.29, 1.82) is 0 Å². The highest BCUT2D eigenvalue weighted by Crippen LogP contribution is 2.30. The number of carbonyl (C=O) groups is 1. The molecule has 0 radical (unpaired) electrons. The van der Waals surface area contributed by atoms with Crippen LogP contribution in [0, 0.1) is 0 Å². The van der Waals surface area contributed by atoms with Gasteiger partial charge in [-0.3, -0.25) is 4.79 Å². The lowest BCUT2D eigenvalue weighted by atomic mass is 9.98. The number of likely N-dealkylation sites (tertiary alicyclic amines) is 1. The van der Waals surface area contributed by atoms with E-state index in [1.54, 1.807) is 19.2 Å². The molecule has 0 bridgehead atoms. The minimum absolute atomic E-state index is 0.0154. The standard InChI is InChI=1S/C18H18ClNO2/c1-22-15-8-6-13(7-9-15)14-10-11-20(12-14)18(21)16-4-2-3-5-17(16)19/h2-9,14H,10-12H2,1H3. The molecule has 4 heteroatoms. The molecular formula is C18H18ClNO2. The largest absolute Gasteiger partial charge is 0.497 e. The zero-order valence-electron chi connectivity index (χ0n) is 12.5. The van der Waals surface area contributed by atoms with Crippen LogP contribution < -0.4 is 4.74 Å². The average molecular weight is 316 g/mol. The first-order valence-electron chi connectivity index (χ1n) is 7.37. The Bertz CT molecular complexity index is 669. The van der Waals surface area contributed by atoms with Gasteiger partial charge in [-0.1, -0.05) is 35.9 Å². The van der Waals surface area contributed by atoms with Crippen LogP contribution in [-0.4, -0.2) is 31.0 Å². The summed E-state index contributed by atoms with van der Waals surface area (Å²) in [5.41, 5.74) is 1.83. The molecule has 1 aliphatic rings. The third kappa shape index (κ3) is 2.95. The summed E-state index contributed by atoms with van der Waals surface area (Å²) >= 11 is 6.12. The van der Waals surface area contributed by atoms with Crippen molar-refractivity contribution in [3.05, 3.63) is 64.7 Å². The summed E-state index contributed by atoms with van der Waals surface area (Å²) in [7, 11) is 1.66. The van der Waals surface area contributed by atoms with Crippen LogP contribution >= 0.6 is 11.6 Å². The number of benzene rings is 2. The summed E-state index contributed by atoms with van der Waals surface area (Å²) in [5, 5.41) is 0.514. The molecule has 1 aliphatic heterocycles. The van der Waals surface area contributed by atoms with Crippen LogP contribution in [0.5, 0.6) is 5.75 Å². The fraction of sp³-hybridized carbons (Fsp3) is 0.278. The molecular weight excluding hydrogens is 298 g/mol. The molecule has 1 atom stereocenters. The highest BCUT2D eigenvalue weighted by molar-refractivity contribution is 6.33. The van der Waals surface area contributed by atoms with Gasteiger partial charge in [0.1, 0.15) is 5.75 Å². The highest BCUT2D eigenvalue weighted by Gasteiger charge is 2.28. The number of carbonyl (C=O) groups excluding carboxylic acids is 1. The van der Waals surface area contributed by atoms with Crippen LogP contribution in [0.2, 0.25) is 5.02 Å². The maximum absolute atomic E-state index is 12.6. The Kier molecular flexibility index (Phi) is 4.34. The van der Waals surface area contributed by atoms with Crippen molar-refractivity contribution in [3.63, 3.8) is 0 Å². The van der Waals surface area contributed by atoms with E-state index in [9.17, 15) is 4.79 Å². The van der Waals surface area contributed by atoms with Gasteiger partial charge in [0.15, 0.2) is 0 Å². The maximum atomic E-state index is 12.6. The van der Waals surface area contributed by atoms with Gasteiger partial charge in [0, 0.05) is 19.0 Å². The Hall–Kier alpha value is -2.00. The van der Waals surface area contributed by atoms with Crippen molar-refractivity contribution >= 4 is 17.5 Å². The monoisotopic (exact) mass is 315 g/mol. The summed E-state index contributed by atoms with van der Waals surface area (Å²) in [5.74, 6) is 1.24. The lowest BCUT2D eigenvalue weighted by molar-refractivity contribution is 0.0791. The maximum Gasteiger partial charge on any atom is 0.255 e. The first kappa shape index (κ1) is 14.9. The summed E-state index contributed by atoms with van der Waals surface area (Å²) in [4.78, 5) is 14.5. The molecule has 1 unspecified atom stereocenters. The van der Waals surface area contributed by atoms with Gasteiger partial charge in [-0.15, -0.1) is 0 Å². The second-order valence-electron chi connectivity index (χ2n) is 5.49. The number of rotatable bonds is 3. The van der Waals surface area contributed by atoms with E-state index < -0.39 is 0 Å². The van der Waals surface area contributed by atoms with Crippen LogP contribution in [0.3, 0.4) is 0 Å². The van der Waals surface area contributed by atoms with Gasteiger partial charge >= 0.3 is 0 Å². The normalized spacial score (nSPS) is 17.5. The molecule has 2 aromatic rings. The molecule has 0 saturated carbocycles. The zero-order chi connectivity index (χ0) is 15.5. The number of nitrogens with zero attached hydrogens (tertiary/aromatic N) is 1. The number of hydrogen-bond acceptors (Lipinski definition) is 2. The highest BCUT2D eigenvalue weighted by atomic mass is 35.5. The van der Waals surface area contributed by atoms with Gasteiger partial charge in [-0.05, 0) is 36.2 Å². The van der Waals surface area contributed by atoms with Gasteiger partial charge in [0.25, 0.3) is 5.91 Å². The molecule has 0 N–H and O–H groups in total. The van der Waals surface area contributed by atoms with Crippen LogP contribution in [0.25, 0.3) is 0 Å². The van der Waals surface area contributed by atoms with Crippen LogP contribution in [0.1, 0.15) is 28.3 Å². The van der Waals surface area contributed by atoms with E-state index in [2.05, 4.69) is 12.1 Å². The molecule has 22 heavy (non-hydrogen) atoms. The summed E-state index contributed by atoms with van der Waals surface area (Å²) < 4.78 is 5.18. The van der Waals surface area contributed by atoms with E-state index >= 15 is 0 Å². The van der Waals surface area contributed by atoms with E-state index in [4.69, 9.17) is 16.3 Å². The van der Waals surface area contributed by atoms with Crippen molar-refractivity contribution in [2.24, 2.45) is 0 Å². The van der Waals surface area contributed by atoms with Crippen molar-refractivity contribution in [2.45, 2.75) is 12.3 Å². The fourth-order valence-corrected chi connectivity index (χ4v) is 3.11. The molecule has 1 saturated heterocycles. The molecule has 1 amide bonds. The number of amides is 1. The lowest BCUT2D eigenvalue weighted by Gasteiger charge is -2.17. The van der Waals surface area contributed by atoms with Crippen molar-refractivity contribution < 1.29 is 9.53 Å². The quantitative estimate of drug-likeness (QED) is 0.857. The Balaban J connectivity index is 1.71. The summed E-state index contributed by atoms with van der Waals surface area (Å²) in [6, 6.07) is 15.3. The second-order valence-corrected chi connectivity index (χ2v) is 5.90. The predicted molar refractivity (Wildman–Crippen MR) is 87.7 cm³/mol. The SMILES string of the molecule is COc1ccc(C2CCN(C(=O)c3ccccc3Cl)C2)cc1. The minimum atomic E-state index is 0.0154. The molecule has 3 rings (SSSR count). The third-order valence-corrected chi connectivity index (χ3v) is 4.50.